The second-order valence-corrected chi connectivity index (χ2v) is 3.44. The van der Waals surface area contributed by atoms with Crippen molar-refractivity contribution in [3.8, 4) is 5.88 Å². The number of hydrogen-bond donors (Lipinski definition) is 0. The molecule has 0 aromatic carbocycles. The molecule has 0 saturated carbocycles. The molecule has 2 rings (SSSR count). The molecule has 1 aromatic rings. The topological polar surface area (TPSA) is 61.3 Å². The summed E-state index contributed by atoms with van der Waals surface area (Å²) in [4.78, 5) is 18.4. The monoisotopic (exact) mass is 228 g/mol. The number of halogens is 1. The number of nitrogens with zero attached hydrogens (tertiary/aromatic N) is 2. The molecule has 1 atom stereocenters. The van der Waals surface area contributed by atoms with Crippen LogP contribution in [0.5, 0.6) is 5.88 Å². The number of rotatable bonds is 3. The number of ether oxygens (including phenoxy) is 2. The highest BCUT2D eigenvalue weighted by molar-refractivity contribution is 6.67. The van der Waals surface area contributed by atoms with E-state index in [-0.39, 0.29) is 11.9 Å². The molecule has 6 heteroatoms. The first kappa shape index (κ1) is 10.3. The van der Waals surface area contributed by atoms with Crippen molar-refractivity contribution in [3.63, 3.8) is 0 Å². The smallest absolute Gasteiger partial charge is 0.289 e. The summed E-state index contributed by atoms with van der Waals surface area (Å²) in [5.74, 6) is 0.303. The molecule has 5 nitrogen and oxygen atoms in total. The van der Waals surface area contributed by atoms with E-state index in [0.29, 0.717) is 19.1 Å². The zero-order valence-corrected chi connectivity index (χ0v) is 8.61. The molecule has 0 spiro atoms. The van der Waals surface area contributed by atoms with Gasteiger partial charge in [0.15, 0.2) is 0 Å². The lowest BCUT2D eigenvalue weighted by Crippen LogP contribution is -2.17. The van der Waals surface area contributed by atoms with E-state index in [0.717, 1.165) is 6.42 Å². The number of aromatic nitrogens is 2. The highest BCUT2D eigenvalue weighted by Gasteiger charge is 2.18. The molecule has 0 amide bonds. The standard InChI is InChI=1S/C9H9ClN2O3/c10-8(13)9-11-3-1-7(12-9)15-6-2-4-14-5-6/h1,3,6H,2,4-5H2/t6-/m1/s1. The van der Waals surface area contributed by atoms with E-state index in [1.54, 1.807) is 6.07 Å². The third-order valence-electron chi connectivity index (χ3n) is 1.98. The first-order chi connectivity index (χ1) is 7.25. The maximum absolute atomic E-state index is 10.8. The maximum atomic E-state index is 10.8. The van der Waals surface area contributed by atoms with Crippen molar-refractivity contribution in [2.75, 3.05) is 13.2 Å². The summed E-state index contributed by atoms with van der Waals surface area (Å²) in [6.45, 7) is 1.24. The van der Waals surface area contributed by atoms with Crippen LogP contribution >= 0.6 is 11.6 Å². The van der Waals surface area contributed by atoms with Crippen LogP contribution in [-0.4, -0.2) is 34.5 Å². The fraction of sp³-hybridized carbons (Fsp3) is 0.444. The van der Waals surface area contributed by atoms with Gasteiger partial charge < -0.3 is 9.47 Å². The van der Waals surface area contributed by atoms with E-state index in [1.807, 2.05) is 0 Å². The zero-order chi connectivity index (χ0) is 10.7. The molecule has 1 aliphatic heterocycles. The summed E-state index contributed by atoms with van der Waals surface area (Å²) in [5.41, 5.74) is 0. The van der Waals surface area contributed by atoms with Crippen molar-refractivity contribution in [1.29, 1.82) is 0 Å². The first-order valence-electron chi connectivity index (χ1n) is 4.53. The van der Waals surface area contributed by atoms with Crippen LogP contribution in [0, 0.1) is 0 Å². The Labute approximate surface area is 91.4 Å². The molecule has 15 heavy (non-hydrogen) atoms. The molecule has 1 fully saturated rings. The van der Waals surface area contributed by atoms with Gasteiger partial charge in [-0.05, 0) is 11.6 Å². The number of carbonyl (C=O) groups excluding carboxylic acids is 1. The Balaban J connectivity index is 2.07. The Morgan fingerprint density at radius 1 is 1.67 bits per heavy atom. The lowest BCUT2D eigenvalue weighted by molar-refractivity contribution is 0.106. The van der Waals surface area contributed by atoms with Crippen LogP contribution in [0.15, 0.2) is 12.3 Å². The molecule has 1 saturated heterocycles. The predicted octanol–water partition coefficient (Wildman–Crippen LogP) is 1.02. The van der Waals surface area contributed by atoms with Gasteiger partial charge in [-0.15, -0.1) is 0 Å². The van der Waals surface area contributed by atoms with Crippen LogP contribution in [0.3, 0.4) is 0 Å². The third kappa shape index (κ3) is 2.64. The van der Waals surface area contributed by atoms with Gasteiger partial charge in [-0.1, -0.05) is 0 Å². The SMILES string of the molecule is O=C(Cl)c1nccc(O[C@@H]2CCOC2)n1. The molecule has 80 valence electrons. The van der Waals surface area contributed by atoms with Crippen LogP contribution < -0.4 is 4.74 Å². The van der Waals surface area contributed by atoms with Gasteiger partial charge in [-0.2, -0.15) is 4.98 Å². The number of hydrogen-bond acceptors (Lipinski definition) is 5. The highest BCUT2D eigenvalue weighted by atomic mass is 35.5. The van der Waals surface area contributed by atoms with Gasteiger partial charge >= 0.3 is 0 Å². The lowest BCUT2D eigenvalue weighted by atomic mass is 10.3. The Morgan fingerprint density at radius 3 is 3.20 bits per heavy atom. The summed E-state index contributed by atoms with van der Waals surface area (Å²) in [6.07, 6.45) is 2.26. The van der Waals surface area contributed by atoms with E-state index < -0.39 is 5.24 Å². The predicted molar refractivity (Wildman–Crippen MR) is 52.1 cm³/mol. The lowest BCUT2D eigenvalue weighted by Gasteiger charge is -2.10. The van der Waals surface area contributed by atoms with Crippen molar-refractivity contribution in [2.45, 2.75) is 12.5 Å². The van der Waals surface area contributed by atoms with Crippen LogP contribution in [0.25, 0.3) is 0 Å². The molecule has 0 unspecified atom stereocenters. The Morgan fingerprint density at radius 2 is 2.53 bits per heavy atom. The minimum absolute atomic E-state index is 0.00169. The molecular formula is C9H9ClN2O3. The third-order valence-corrected chi connectivity index (χ3v) is 2.15. The molecular weight excluding hydrogens is 220 g/mol. The van der Waals surface area contributed by atoms with Gasteiger partial charge in [0.25, 0.3) is 5.24 Å². The van der Waals surface area contributed by atoms with Gasteiger partial charge in [0.1, 0.15) is 6.10 Å². The van der Waals surface area contributed by atoms with Gasteiger partial charge in [-0.3, -0.25) is 4.79 Å². The van der Waals surface area contributed by atoms with Crippen molar-refractivity contribution < 1.29 is 14.3 Å². The second-order valence-electron chi connectivity index (χ2n) is 3.10. The minimum Gasteiger partial charge on any atom is -0.472 e. The number of carbonyl (C=O) groups is 1. The molecule has 1 aliphatic rings. The van der Waals surface area contributed by atoms with Crippen LogP contribution in [0.4, 0.5) is 0 Å². The molecule has 0 N–H and O–H groups in total. The van der Waals surface area contributed by atoms with E-state index in [9.17, 15) is 4.79 Å². The highest BCUT2D eigenvalue weighted by Crippen LogP contribution is 2.14. The maximum Gasteiger partial charge on any atom is 0.289 e. The van der Waals surface area contributed by atoms with Crippen LogP contribution in [0.2, 0.25) is 0 Å². The quantitative estimate of drug-likeness (QED) is 0.723. The molecule has 0 aliphatic carbocycles. The van der Waals surface area contributed by atoms with Gasteiger partial charge in [0.2, 0.25) is 11.7 Å². The minimum atomic E-state index is -0.692. The molecule has 0 bridgehead atoms. The van der Waals surface area contributed by atoms with Crippen LogP contribution in [0.1, 0.15) is 17.0 Å². The first-order valence-corrected chi connectivity index (χ1v) is 4.91. The molecule has 0 radical (unpaired) electrons. The average molecular weight is 229 g/mol. The fourth-order valence-electron chi connectivity index (χ4n) is 1.28. The molecule has 2 heterocycles. The van der Waals surface area contributed by atoms with Crippen molar-refractivity contribution in [1.82, 2.24) is 9.97 Å². The van der Waals surface area contributed by atoms with Crippen molar-refractivity contribution >= 4 is 16.8 Å². The van der Waals surface area contributed by atoms with Crippen LogP contribution in [-0.2, 0) is 4.74 Å². The second kappa shape index (κ2) is 4.55. The summed E-state index contributed by atoms with van der Waals surface area (Å²) in [5, 5.41) is -0.692. The van der Waals surface area contributed by atoms with E-state index in [2.05, 4.69) is 9.97 Å². The van der Waals surface area contributed by atoms with E-state index >= 15 is 0 Å². The summed E-state index contributed by atoms with van der Waals surface area (Å²) < 4.78 is 10.6. The zero-order valence-electron chi connectivity index (χ0n) is 7.85. The van der Waals surface area contributed by atoms with E-state index in [1.165, 1.54) is 6.20 Å². The Bertz CT molecular complexity index is 366. The summed E-state index contributed by atoms with van der Waals surface area (Å²) in [7, 11) is 0. The van der Waals surface area contributed by atoms with Gasteiger partial charge in [-0.25, -0.2) is 4.98 Å². The van der Waals surface area contributed by atoms with Gasteiger partial charge in [0.05, 0.1) is 13.2 Å². The fourth-order valence-corrected chi connectivity index (χ4v) is 1.37. The largest absolute Gasteiger partial charge is 0.472 e. The summed E-state index contributed by atoms with van der Waals surface area (Å²) in [6, 6.07) is 1.58. The van der Waals surface area contributed by atoms with Gasteiger partial charge in [0, 0.05) is 18.7 Å². The summed E-state index contributed by atoms with van der Waals surface area (Å²) >= 11 is 5.25. The van der Waals surface area contributed by atoms with Crippen molar-refractivity contribution in [2.24, 2.45) is 0 Å². The van der Waals surface area contributed by atoms with E-state index in [4.69, 9.17) is 21.1 Å². The molecule has 1 aromatic heterocycles. The Kier molecular flexibility index (Phi) is 3.13. The average Bonchev–Trinajstić information content (AvgIpc) is 2.71. The van der Waals surface area contributed by atoms with Crippen molar-refractivity contribution in [3.05, 3.63) is 18.1 Å². The normalized spacial score (nSPS) is 20.2. The Hall–Kier alpha value is -1.20.